The third kappa shape index (κ3) is 4.44. The van der Waals surface area contributed by atoms with Gasteiger partial charge < -0.3 is 14.2 Å². The molecule has 0 radical (unpaired) electrons. The van der Waals surface area contributed by atoms with Gasteiger partial charge in [-0.1, -0.05) is 38.1 Å². The maximum Gasteiger partial charge on any atom is 0.263 e. The first-order chi connectivity index (χ1) is 13.8. The first-order valence-corrected chi connectivity index (χ1v) is 10.3. The summed E-state index contributed by atoms with van der Waals surface area (Å²) in [4.78, 5) is 19.4. The van der Waals surface area contributed by atoms with E-state index in [1.165, 1.54) is 0 Å². The highest BCUT2D eigenvalue weighted by molar-refractivity contribution is 5.81. The molecule has 0 saturated carbocycles. The topological polar surface area (TPSA) is 47.4 Å². The van der Waals surface area contributed by atoms with Gasteiger partial charge in [0.25, 0.3) is 5.91 Å². The van der Waals surface area contributed by atoms with Crippen LogP contribution < -0.4 is 4.74 Å². The Morgan fingerprint density at radius 2 is 1.90 bits per heavy atom. The van der Waals surface area contributed by atoms with E-state index in [-0.39, 0.29) is 5.91 Å². The number of likely N-dealkylation sites (N-methyl/N-ethyl adjacent to an activating group) is 1. The predicted octanol–water partition coefficient (Wildman–Crippen LogP) is 4.91. The van der Waals surface area contributed by atoms with E-state index in [2.05, 4.69) is 43.5 Å². The zero-order chi connectivity index (χ0) is 21.1. The molecule has 0 bridgehead atoms. The SMILES string of the molecule is CCn1c(CN(C)C(=O)C(C)Oc2cc(C)ccc2C(C)C)nc2ccccc21. The number of aryl methyl sites for hydroxylation is 2. The molecule has 0 aliphatic carbocycles. The van der Waals surface area contributed by atoms with Gasteiger partial charge in [-0.3, -0.25) is 4.79 Å². The molecule has 0 aliphatic heterocycles. The van der Waals surface area contributed by atoms with Gasteiger partial charge in [0.05, 0.1) is 17.6 Å². The standard InChI is InChI=1S/C24H31N3O2/c1-7-27-21-11-9-8-10-20(21)25-23(27)15-26(6)24(28)18(5)29-22-14-17(4)12-13-19(22)16(2)3/h8-14,16,18H,7,15H2,1-6H3. The molecule has 5 nitrogen and oxygen atoms in total. The molecule has 3 rings (SSSR count). The Morgan fingerprint density at radius 3 is 2.59 bits per heavy atom. The Bertz CT molecular complexity index is 1010. The van der Waals surface area contributed by atoms with Crippen molar-refractivity contribution in [3.63, 3.8) is 0 Å². The van der Waals surface area contributed by atoms with E-state index in [0.717, 1.165) is 40.3 Å². The zero-order valence-electron chi connectivity index (χ0n) is 18.3. The fourth-order valence-corrected chi connectivity index (χ4v) is 3.66. The van der Waals surface area contributed by atoms with Gasteiger partial charge in [0.1, 0.15) is 11.6 Å². The molecular weight excluding hydrogens is 362 g/mol. The zero-order valence-corrected chi connectivity index (χ0v) is 18.3. The quantitative estimate of drug-likeness (QED) is 0.573. The van der Waals surface area contributed by atoms with Crippen molar-refractivity contribution >= 4 is 16.9 Å². The van der Waals surface area contributed by atoms with Crippen LogP contribution in [0.25, 0.3) is 11.0 Å². The third-order valence-electron chi connectivity index (χ3n) is 5.25. The van der Waals surface area contributed by atoms with Crippen molar-refractivity contribution in [3.05, 3.63) is 59.4 Å². The Balaban J connectivity index is 1.76. The van der Waals surface area contributed by atoms with Gasteiger partial charge in [-0.25, -0.2) is 4.98 Å². The fourth-order valence-electron chi connectivity index (χ4n) is 3.66. The number of rotatable bonds is 7. The van der Waals surface area contributed by atoms with Crippen molar-refractivity contribution < 1.29 is 9.53 Å². The summed E-state index contributed by atoms with van der Waals surface area (Å²) in [5.74, 6) is 1.94. The van der Waals surface area contributed by atoms with Crippen molar-refractivity contribution in [3.8, 4) is 5.75 Å². The average molecular weight is 394 g/mol. The summed E-state index contributed by atoms with van der Waals surface area (Å²) in [7, 11) is 1.81. The molecule has 0 aliphatic rings. The van der Waals surface area contributed by atoms with E-state index in [0.29, 0.717) is 12.5 Å². The molecular formula is C24H31N3O2. The number of imidazole rings is 1. The van der Waals surface area contributed by atoms with Crippen LogP contribution in [0.1, 0.15) is 50.6 Å². The Hall–Kier alpha value is -2.82. The van der Waals surface area contributed by atoms with E-state index < -0.39 is 6.10 Å². The van der Waals surface area contributed by atoms with Crippen molar-refractivity contribution in [2.45, 2.75) is 59.7 Å². The maximum atomic E-state index is 13.0. The highest BCUT2D eigenvalue weighted by Crippen LogP contribution is 2.28. The summed E-state index contributed by atoms with van der Waals surface area (Å²) in [5.41, 5.74) is 4.28. The lowest BCUT2D eigenvalue weighted by molar-refractivity contribution is -0.137. The fraction of sp³-hybridized carbons (Fsp3) is 0.417. The van der Waals surface area contributed by atoms with Crippen LogP contribution in [-0.2, 0) is 17.9 Å². The molecule has 29 heavy (non-hydrogen) atoms. The minimum absolute atomic E-state index is 0.0593. The number of benzene rings is 2. The van der Waals surface area contributed by atoms with Crippen LogP contribution in [-0.4, -0.2) is 33.5 Å². The van der Waals surface area contributed by atoms with Crippen LogP contribution >= 0.6 is 0 Å². The summed E-state index contributed by atoms with van der Waals surface area (Å²) in [6.45, 7) is 11.5. The first-order valence-electron chi connectivity index (χ1n) is 10.3. The number of nitrogens with zero attached hydrogens (tertiary/aromatic N) is 3. The smallest absolute Gasteiger partial charge is 0.263 e. The van der Waals surface area contributed by atoms with Gasteiger partial charge in [0.2, 0.25) is 0 Å². The molecule has 3 aromatic rings. The van der Waals surface area contributed by atoms with Gasteiger partial charge in [-0.2, -0.15) is 0 Å². The molecule has 0 spiro atoms. The number of amides is 1. The van der Waals surface area contributed by atoms with E-state index >= 15 is 0 Å². The van der Waals surface area contributed by atoms with Crippen molar-refractivity contribution in [1.82, 2.24) is 14.5 Å². The molecule has 5 heteroatoms. The lowest BCUT2D eigenvalue weighted by Crippen LogP contribution is -2.38. The van der Waals surface area contributed by atoms with E-state index in [1.54, 1.807) is 11.9 Å². The number of carbonyl (C=O) groups excluding carboxylic acids is 1. The Morgan fingerprint density at radius 1 is 1.17 bits per heavy atom. The second-order valence-corrected chi connectivity index (χ2v) is 7.91. The minimum atomic E-state index is -0.571. The van der Waals surface area contributed by atoms with Crippen LogP contribution in [0, 0.1) is 6.92 Å². The average Bonchev–Trinajstić information content (AvgIpc) is 3.03. The van der Waals surface area contributed by atoms with Crippen molar-refractivity contribution in [2.24, 2.45) is 0 Å². The number of carbonyl (C=O) groups is 1. The molecule has 1 heterocycles. The molecule has 0 saturated heterocycles. The molecule has 154 valence electrons. The molecule has 1 aromatic heterocycles. The van der Waals surface area contributed by atoms with Gasteiger partial charge in [-0.05, 0) is 56.0 Å². The van der Waals surface area contributed by atoms with Crippen LogP contribution in [0.5, 0.6) is 5.75 Å². The third-order valence-corrected chi connectivity index (χ3v) is 5.25. The number of para-hydroxylation sites is 2. The van der Waals surface area contributed by atoms with Crippen LogP contribution in [0.15, 0.2) is 42.5 Å². The number of hydrogen-bond acceptors (Lipinski definition) is 3. The molecule has 1 atom stereocenters. The highest BCUT2D eigenvalue weighted by atomic mass is 16.5. The molecule has 2 aromatic carbocycles. The number of aromatic nitrogens is 2. The molecule has 1 unspecified atom stereocenters. The minimum Gasteiger partial charge on any atom is -0.481 e. The van der Waals surface area contributed by atoms with Gasteiger partial charge in [-0.15, -0.1) is 0 Å². The van der Waals surface area contributed by atoms with Gasteiger partial charge in [0.15, 0.2) is 6.10 Å². The van der Waals surface area contributed by atoms with Crippen molar-refractivity contribution in [2.75, 3.05) is 7.05 Å². The van der Waals surface area contributed by atoms with Gasteiger partial charge >= 0.3 is 0 Å². The second-order valence-electron chi connectivity index (χ2n) is 7.91. The van der Waals surface area contributed by atoms with E-state index in [9.17, 15) is 4.79 Å². The summed E-state index contributed by atoms with van der Waals surface area (Å²) < 4.78 is 8.26. The Kier molecular flexibility index (Phi) is 6.26. The molecule has 0 fully saturated rings. The first kappa shape index (κ1) is 20.9. The van der Waals surface area contributed by atoms with Crippen LogP contribution in [0.2, 0.25) is 0 Å². The highest BCUT2D eigenvalue weighted by Gasteiger charge is 2.23. The molecule has 1 amide bonds. The normalized spacial score (nSPS) is 12.4. The van der Waals surface area contributed by atoms with Crippen LogP contribution in [0.3, 0.4) is 0 Å². The van der Waals surface area contributed by atoms with Crippen molar-refractivity contribution in [1.29, 1.82) is 0 Å². The second kappa shape index (κ2) is 8.68. The lowest BCUT2D eigenvalue weighted by atomic mass is 10.0. The number of hydrogen-bond donors (Lipinski definition) is 0. The lowest BCUT2D eigenvalue weighted by Gasteiger charge is -2.24. The van der Waals surface area contributed by atoms with Crippen LogP contribution in [0.4, 0.5) is 0 Å². The van der Waals surface area contributed by atoms with E-state index in [4.69, 9.17) is 9.72 Å². The monoisotopic (exact) mass is 393 g/mol. The van der Waals surface area contributed by atoms with Gasteiger partial charge in [0, 0.05) is 13.6 Å². The summed E-state index contributed by atoms with van der Waals surface area (Å²) >= 11 is 0. The maximum absolute atomic E-state index is 13.0. The largest absolute Gasteiger partial charge is 0.481 e. The number of ether oxygens (including phenoxy) is 1. The predicted molar refractivity (Wildman–Crippen MR) is 117 cm³/mol. The number of fused-ring (bicyclic) bond motifs is 1. The summed E-state index contributed by atoms with van der Waals surface area (Å²) in [6, 6.07) is 14.2. The molecule has 0 N–H and O–H groups in total. The summed E-state index contributed by atoms with van der Waals surface area (Å²) in [5, 5.41) is 0. The summed E-state index contributed by atoms with van der Waals surface area (Å²) in [6.07, 6.45) is -0.571. The van der Waals surface area contributed by atoms with E-state index in [1.807, 2.05) is 38.1 Å². The Labute approximate surface area is 173 Å².